The van der Waals surface area contributed by atoms with Gasteiger partial charge in [0.25, 0.3) is 0 Å². The molecule has 5 nitrogen and oxygen atoms in total. The van der Waals surface area contributed by atoms with Gasteiger partial charge in [0.05, 0.1) is 6.10 Å². The van der Waals surface area contributed by atoms with E-state index in [1.165, 1.54) is 0 Å². The summed E-state index contributed by atoms with van der Waals surface area (Å²) in [5.74, 6) is 0. The SMILES string of the molecule is CC(C)(C)OC(=O)NC(O)[C@H](O)CCc1ccccc1. The van der Waals surface area contributed by atoms with Crippen LogP contribution >= 0.6 is 0 Å². The Labute approximate surface area is 119 Å². The number of nitrogens with one attached hydrogen (secondary N) is 1. The third kappa shape index (κ3) is 6.54. The highest BCUT2D eigenvalue weighted by atomic mass is 16.6. The maximum absolute atomic E-state index is 11.4. The summed E-state index contributed by atoms with van der Waals surface area (Å²) in [6.07, 6.45) is -2.16. The van der Waals surface area contributed by atoms with Crippen molar-refractivity contribution in [3.8, 4) is 0 Å². The van der Waals surface area contributed by atoms with Gasteiger partial charge < -0.3 is 14.9 Å². The number of aliphatic hydroxyl groups is 2. The molecule has 1 aromatic carbocycles. The zero-order valence-corrected chi connectivity index (χ0v) is 12.2. The minimum absolute atomic E-state index is 0.348. The highest BCUT2D eigenvalue weighted by Gasteiger charge is 2.22. The van der Waals surface area contributed by atoms with Crippen LogP contribution in [0.4, 0.5) is 4.79 Å². The number of carbonyl (C=O) groups excluding carboxylic acids is 1. The van der Waals surface area contributed by atoms with Crippen molar-refractivity contribution in [2.45, 2.75) is 51.5 Å². The number of hydrogen-bond donors (Lipinski definition) is 3. The van der Waals surface area contributed by atoms with Crippen LogP contribution in [-0.2, 0) is 11.2 Å². The number of benzene rings is 1. The molecule has 0 bridgehead atoms. The number of hydrogen-bond acceptors (Lipinski definition) is 4. The van der Waals surface area contributed by atoms with Crippen LogP contribution < -0.4 is 5.32 Å². The largest absolute Gasteiger partial charge is 0.444 e. The van der Waals surface area contributed by atoms with Gasteiger partial charge in [-0.25, -0.2) is 4.79 Å². The van der Waals surface area contributed by atoms with Gasteiger partial charge in [-0.2, -0.15) is 0 Å². The minimum atomic E-state index is -1.34. The van der Waals surface area contributed by atoms with E-state index in [1.54, 1.807) is 20.8 Å². The standard InChI is InChI=1S/C15H23NO4/c1-15(2,3)20-14(19)16-13(18)12(17)10-9-11-7-5-4-6-8-11/h4-8,12-13,17-18H,9-10H2,1-3H3,(H,16,19)/t12-,13?/m1/s1. The van der Waals surface area contributed by atoms with Crippen molar-refractivity contribution in [1.82, 2.24) is 5.32 Å². The molecule has 112 valence electrons. The van der Waals surface area contributed by atoms with Crippen LogP contribution in [0.1, 0.15) is 32.8 Å². The van der Waals surface area contributed by atoms with Crippen LogP contribution in [-0.4, -0.2) is 34.2 Å². The summed E-state index contributed by atoms with van der Waals surface area (Å²) in [4.78, 5) is 11.4. The van der Waals surface area contributed by atoms with Crippen molar-refractivity contribution < 1.29 is 19.7 Å². The van der Waals surface area contributed by atoms with Gasteiger partial charge in [-0.05, 0) is 39.2 Å². The Morgan fingerprint density at radius 1 is 1.25 bits per heavy atom. The van der Waals surface area contributed by atoms with Crippen LogP contribution in [0.2, 0.25) is 0 Å². The smallest absolute Gasteiger partial charge is 0.409 e. The first-order chi connectivity index (χ1) is 9.28. The van der Waals surface area contributed by atoms with E-state index in [0.717, 1.165) is 5.56 Å². The number of rotatable bonds is 5. The van der Waals surface area contributed by atoms with E-state index in [0.29, 0.717) is 12.8 Å². The maximum atomic E-state index is 11.4. The molecule has 5 heteroatoms. The molecule has 0 saturated carbocycles. The molecule has 0 aliphatic heterocycles. The number of amides is 1. The fourth-order valence-electron chi connectivity index (χ4n) is 1.64. The van der Waals surface area contributed by atoms with Gasteiger partial charge in [0.1, 0.15) is 5.60 Å². The van der Waals surface area contributed by atoms with Crippen LogP contribution in [0.5, 0.6) is 0 Å². The normalized spacial score (nSPS) is 14.4. The van der Waals surface area contributed by atoms with E-state index < -0.39 is 24.0 Å². The Kier molecular flexibility index (Phi) is 5.98. The fraction of sp³-hybridized carbons (Fsp3) is 0.533. The minimum Gasteiger partial charge on any atom is -0.444 e. The summed E-state index contributed by atoms with van der Waals surface area (Å²) < 4.78 is 5.00. The molecule has 1 unspecified atom stereocenters. The lowest BCUT2D eigenvalue weighted by atomic mass is 10.1. The molecule has 0 aliphatic carbocycles. The van der Waals surface area contributed by atoms with Crippen molar-refractivity contribution in [2.24, 2.45) is 0 Å². The maximum Gasteiger partial charge on any atom is 0.409 e. The quantitative estimate of drug-likeness (QED) is 0.719. The second-order valence-corrected chi connectivity index (χ2v) is 5.68. The van der Waals surface area contributed by atoms with Gasteiger partial charge in [-0.15, -0.1) is 0 Å². The summed E-state index contributed by atoms with van der Waals surface area (Å²) in [6, 6.07) is 9.63. The number of alkyl carbamates (subject to hydrolysis) is 1. The fourth-order valence-corrected chi connectivity index (χ4v) is 1.64. The van der Waals surface area contributed by atoms with Crippen molar-refractivity contribution in [3.05, 3.63) is 35.9 Å². The number of aryl methyl sites for hydroxylation is 1. The van der Waals surface area contributed by atoms with Gasteiger partial charge >= 0.3 is 6.09 Å². The van der Waals surface area contributed by atoms with E-state index in [4.69, 9.17) is 4.74 Å². The lowest BCUT2D eigenvalue weighted by Crippen LogP contribution is -2.45. The summed E-state index contributed by atoms with van der Waals surface area (Å²) in [6.45, 7) is 5.18. The third-order valence-corrected chi connectivity index (χ3v) is 2.60. The molecule has 1 amide bonds. The highest BCUT2D eigenvalue weighted by Crippen LogP contribution is 2.09. The van der Waals surface area contributed by atoms with Crippen LogP contribution in [0.25, 0.3) is 0 Å². The second-order valence-electron chi connectivity index (χ2n) is 5.68. The summed E-state index contributed by atoms with van der Waals surface area (Å²) in [7, 11) is 0. The van der Waals surface area contributed by atoms with Crippen molar-refractivity contribution in [1.29, 1.82) is 0 Å². The van der Waals surface area contributed by atoms with Gasteiger partial charge in [0.2, 0.25) is 0 Å². The average Bonchev–Trinajstić information content (AvgIpc) is 2.34. The molecule has 0 fully saturated rings. The monoisotopic (exact) mass is 281 g/mol. The first-order valence-electron chi connectivity index (χ1n) is 6.67. The van der Waals surface area contributed by atoms with Crippen molar-refractivity contribution in [2.75, 3.05) is 0 Å². The molecule has 0 spiro atoms. The Bertz CT molecular complexity index is 414. The van der Waals surface area contributed by atoms with E-state index in [2.05, 4.69) is 5.32 Å². The molecule has 1 aromatic rings. The first-order valence-corrected chi connectivity index (χ1v) is 6.67. The average molecular weight is 281 g/mol. The number of carbonyl (C=O) groups is 1. The van der Waals surface area contributed by atoms with Crippen molar-refractivity contribution in [3.63, 3.8) is 0 Å². The topological polar surface area (TPSA) is 78.8 Å². The Balaban J connectivity index is 2.35. The van der Waals surface area contributed by atoms with Gasteiger partial charge in [0, 0.05) is 0 Å². The molecule has 0 aromatic heterocycles. The molecular weight excluding hydrogens is 258 g/mol. The van der Waals surface area contributed by atoms with Crippen LogP contribution in [0.3, 0.4) is 0 Å². The van der Waals surface area contributed by atoms with E-state index >= 15 is 0 Å². The second kappa shape index (κ2) is 7.26. The summed E-state index contributed by atoms with van der Waals surface area (Å²) in [5.41, 5.74) is 0.426. The molecule has 0 saturated heterocycles. The molecular formula is C15H23NO4. The Morgan fingerprint density at radius 2 is 1.85 bits per heavy atom. The lowest BCUT2D eigenvalue weighted by molar-refractivity contribution is -0.0172. The number of aliphatic hydroxyl groups excluding tert-OH is 2. The molecule has 3 N–H and O–H groups in total. The number of ether oxygens (including phenoxy) is 1. The predicted molar refractivity (Wildman–Crippen MR) is 76.1 cm³/mol. The highest BCUT2D eigenvalue weighted by molar-refractivity contribution is 5.67. The van der Waals surface area contributed by atoms with E-state index in [9.17, 15) is 15.0 Å². The summed E-state index contributed by atoms with van der Waals surface area (Å²) in [5, 5.41) is 21.7. The molecule has 0 aliphatic rings. The zero-order chi connectivity index (χ0) is 15.2. The molecule has 0 heterocycles. The van der Waals surface area contributed by atoms with Gasteiger partial charge in [0.15, 0.2) is 6.23 Å². The Hall–Kier alpha value is -1.59. The molecule has 1 rings (SSSR count). The molecule has 2 atom stereocenters. The third-order valence-electron chi connectivity index (χ3n) is 2.60. The lowest BCUT2D eigenvalue weighted by Gasteiger charge is -2.23. The summed E-state index contributed by atoms with van der Waals surface area (Å²) >= 11 is 0. The van der Waals surface area contributed by atoms with E-state index in [1.807, 2.05) is 30.3 Å². The Morgan fingerprint density at radius 3 is 2.40 bits per heavy atom. The van der Waals surface area contributed by atoms with E-state index in [-0.39, 0.29) is 0 Å². The molecule has 0 radical (unpaired) electrons. The molecule has 20 heavy (non-hydrogen) atoms. The van der Waals surface area contributed by atoms with Crippen LogP contribution in [0, 0.1) is 0 Å². The zero-order valence-electron chi connectivity index (χ0n) is 12.2. The van der Waals surface area contributed by atoms with Gasteiger partial charge in [-0.1, -0.05) is 30.3 Å². The van der Waals surface area contributed by atoms with Crippen LogP contribution in [0.15, 0.2) is 30.3 Å². The van der Waals surface area contributed by atoms with Crippen molar-refractivity contribution >= 4 is 6.09 Å². The predicted octanol–water partition coefficient (Wildman–Crippen LogP) is 1.82. The van der Waals surface area contributed by atoms with Gasteiger partial charge in [-0.3, -0.25) is 5.32 Å². The first kappa shape index (κ1) is 16.5.